The van der Waals surface area contributed by atoms with Crippen LogP contribution in [0.4, 0.5) is 0 Å². The Bertz CT molecular complexity index is 664. The Morgan fingerprint density at radius 3 is 2.81 bits per heavy atom. The van der Waals surface area contributed by atoms with E-state index in [-0.39, 0.29) is 6.04 Å². The molecule has 1 aliphatic heterocycles. The molecule has 0 spiro atoms. The molecule has 1 atom stereocenters. The molecule has 140 valence electrons. The first-order chi connectivity index (χ1) is 12.6. The summed E-state index contributed by atoms with van der Waals surface area (Å²) in [7, 11) is 3.76. The molecule has 0 aromatic heterocycles. The predicted molar refractivity (Wildman–Crippen MR) is 109 cm³/mol. The molecule has 2 rings (SSSR count). The maximum absolute atomic E-state index is 5.01. The molecule has 0 aliphatic carbocycles. The Morgan fingerprint density at radius 1 is 1.38 bits per heavy atom. The summed E-state index contributed by atoms with van der Waals surface area (Å²) in [6.07, 6.45) is 6.72. The van der Waals surface area contributed by atoms with E-state index in [2.05, 4.69) is 66.4 Å². The van der Waals surface area contributed by atoms with Gasteiger partial charge in [-0.1, -0.05) is 36.9 Å². The molecule has 0 fully saturated rings. The standard InChI is InChI=1S/C21H30N4O/c1-17(16-25(3)13-12-19-8-6-5-7-9-19)24-21-15-22-20(14-23-21)11-10-18(2)26-4/h5-11,14,17,22H,2,12-13,15-16H2,1,3-4H3,(H,23,24)/b11-10+. The summed E-state index contributed by atoms with van der Waals surface area (Å²) < 4.78 is 5.01. The van der Waals surface area contributed by atoms with Crippen molar-refractivity contribution in [3.8, 4) is 0 Å². The van der Waals surface area contributed by atoms with E-state index in [0.717, 1.165) is 31.0 Å². The molecule has 1 aliphatic rings. The van der Waals surface area contributed by atoms with Gasteiger partial charge in [-0.25, -0.2) is 0 Å². The minimum Gasteiger partial charge on any atom is -0.497 e. The Labute approximate surface area is 157 Å². The van der Waals surface area contributed by atoms with Gasteiger partial charge in [-0.15, -0.1) is 0 Å². The largest absolute Gasteiger partial charge is 0.497 e. The number of nitrogens with zero attached hydrogens (tertiary/aromatic N) is 2. The van der Waals surface area contributed by atoms with Gasteiger partial charge in [0.2, 0.25) is 0 Å². The lowest BCUT2D eigenvalue weighted by Gasteiger charge is -2.22. The zero-order chi connectivity index (χ0) is 18.8. The number of allylic oxidation sites excluding steroid dienone is 2. The molecule has 26 heavy (non-hydrogen) atoms. The SMILES string of the molecule is C=C(/C=C/C1=CNC(=NC(C)CN(C)CCc2ccccc2)CN1)OC. The van der Waals surface area contributed by atoms with Gasteiger partial charge in [0.25, 0.3) is 0 Å². The number of ether oxygens (including phenoxy) is 1. The predicted octanol–water partition coefficient (Wildman–Crippen LogP) is 2.70. The summed E-state index contributed by atoms with van der Waals surface area (Å²) in [4.78, 5) is 7.10. The summed E-state index contributed by atoms with van der Waals surface area (Å²) in [6, 6.07) is 10.8. The molecule has 1 heterocycles. The zero-order valence-corrected chi connectivity index (χ0v) is 16.0. The highest BCUT2D eigenvalue weighted by Gasteiger charge is 2.10. The van der Waals surface area contributed by atoms with Gasteiger partial charge in [0, 0.05) is 19.3 Å². The van der Waals surface area contributed by atoms with E-state index >= 15 is 0 Å². The lowest BCUT2D eigenvalue weighted by atomic mass is 10.1. The molecule has 0 saturated heterocycles. The number of hydrogen-bond acceptors (Lipinski definition) is 4. The summed E-state index contributed by atoms with van der Waals surface area (Å²) in [5, 5.41) is 6.58. The fourth-order valence-corrected chi connectivity index (χ4v) is 2.70. The highest BCUT2D eigenvalue weighted by atomic mass is 16.5. The first-order valence-corrected chi connectivity index (χ1v) is 8.97. The molecular formula is C21H30N4O. The number of amidine groups is 1. The number of benzene rings is 1. The van der Waals surface area contributed by atoms with Crippen molar-refractivity contribution in [3.63, 3.8) is 0 Å². The van der Waals surface area contributed by atoms with Crippen molar-refractivity contribution in [1.82, 2.24) is 15.5 Å². The second-order valence-electron chi connectivity index (χ2n) is 6.52. The zero-order valence-electron chi connectivity index (χ0n) is 16.0. The van der Waals surface area contributed by atoms with Crippen LogP contribution in [0.1, 0.15) is 12.5 Å². The van der Waals surface area contributed by atoms with Crippen molar-refractivity contribution in [2.24, 2.45) is 4.99 Å². The van der Waals surface area contributed by atoms with Crippen molar-refractivity contribution in [2.75, 3.05) is 33.8 Å². The first kappa shape index (κ1) is 19.8. The topological polar surface area (TPSA) is 48.9 Å². The number of aliphatic imine (C=N–C) groups is 1. The van der Waals surface area contributed by atoms with Gasteiger partial charge in [0.1, 0.15) is 11.6 Å². The van der Waals surface area contributed by atoms with Crippen LogP contribution in [-0.2, 0) is 11.2 Å². The molecule has 0 radical (unpaired) electrons. The van der Waals surface area contributed by atoms with Crippen LogP contribution in [0, 0.1) is 0 Å². The number of hydrogen-bond donors (Lipinski definition) is 2. The highest BCUT2D eigenvalue weighted by molar-refractivity contribution is 5.86. The van der Waals surface area contributed by atoms with Crippen molar-refractivity contribution in [3.05, 3.63) is 72.3 Å². The van der Waals surface area contributed by atoms with E-state index < -0.39 is 0 Å². The van der Waals surface area contributed by atoms with Gasteiger partial charge in [0.15, 0.2) is 0 Å². The van der Waals surface area contributed by atoms with Crippen LogP contribution in [0.15, 0.2) is 71.7 Å². The number of nitrogens with one attached hydrogen (secondary N) is 2. The summed E-state index contributed by atoms with van der Waals surface area (Å²) in [5.41, 5.74) is 2.35. The Kier molecular flexibility index (Phi) is 7.96. The maximum atomic E-state index is 5.01. The molecule has 0 amide bonds. The van der Waals surface area contributed by atoms with E-state index in [0.29, 0.717) is 12.3 Å². The van der Waals surface area contributed by atoms with Crippen LogP contribution in [-0.4, -0.2) is 50.6 Å². The average molecular weight is 354 g/mol. The number of methoxy groups -OCH3 is 1. The van der Waals surface area contributed by atoms with Crippen molar-refractivity contribution in [2.45, 2.75) is 19.4 Å². The molecular weight excluding hydrogens is 324 g/mol. The maximum Gasteiger partial charge on any atom is 0.120 e. The number of rotatable bonds is 9. The molecule has 0 bridgehead atoms. The molecule has 5 nitrogen and oxygen atoms in total. The molecule has 1 aromatic carbocycles. The summed E-state index contributed by atoms with van der Waals surface area (Å²) >= 11 is 0. The molecule has 0 saturated carbocycles. The fraction of sp³-hybridized carbons (Fsp3) is 0.381. The average Bonchev–Trinajstić information content (AvgIpc) is 2.66. The van der Waals surface area contributed by atoms with Gasteiger partial charge >= 0.3 is 0 Å². The minimum absolute atomic E-state index is 0.235. The van der Waals surface area contributed by atoms with Gasteiger partial charge in [0.05, 0.1) is 25.4 Å². The third-order valence-electron chi connectivity index (χ3n) is 4.14. The molecule has 1 unspecified atom stereocenters. The number of likely N-dealkylation sites (N-methyl/N-ethyl adjacent to an activating group) is 1. The second-order valence-corrected chi connectivity index (χ2v) is 6.52. The quantitative estimate of drug-likeness (QED) is 0.529. The van der Waals surface area contributed by atoms with Crippen molar-refractivity contribution >= 4 is 5.84 Å². The second kappa shape index (κ2) is 10.5. The lowest BCUT2D eigenvalue weighted by molar-refractivity contribution is 0.309. The van der Waals surface area contributed by atoms with Crippen LogP contribution in [0.5, 0.6) is 0 Å². The Hall–Kier alpha value is -2.53. The summed E-state index contributed by atoms with van der Waals surface area (Å²) in [5.74, 6) is 1.58. The van der Waals surface area contributed by atoms with Gasteiger partial charge < -0.3 is 20.3 Å². The van der Waals surface area contributed by atoms with Gasteiger partial charge in [-0.3, -0.25) is 4.99 Å². The van der Waals surface area contributed by atoms with Crippen LogP contribution < -0.4 is 10.6 Å². The van der Waals surface area contributed by atoms with Crippen LogP contribution in [0.2, 0.25) is 0 Å². The fourth-order valence-electron chi connectivity index (χ4n) is 2.70. The Balaban J connectivity index is 1.76. The smallest absolute Gasteiger partial charge is 0.120 e. The van der Waals surface area contributed by atoms with E-state index in [1.54, 1.807) is 7.11 Å². The lowest BCUT2D eigenvalue weighted by Crippen LogP contribution is -2.38. The Morgan fingerprint density at radius 2 is 2.15 bits per heavy atom. The molecule has 1 aromatic rings. The first-order valence-electron chi connectivity index (χ1n) is 8.97. The van der Waals surface area contributed by atoms with Crippen LogP contribution in [0.3, 0.4) is 0 Å². The van der Waals surface area contributed by atoms with E-state index in [4.69, 9.17) is 9.73 Å². The van der Waals surface area contributed by atoms with Crippen LogP contribution >= 0.6 is 0 Å². The van der Waals surface area contributed by atoms with Crippen molar-refractivity contribution < 1.29 is 4.74 Å². The van der Waals surface area contributed by atoms with E-state index in [1.165, 1.54) is 5.56 Å². The van der Waals surface area contributed by atoms with Gasteiger partial charge in [-0.2, -0.15) is 0 Å². The van der Waals surface area contributed by atoms with Crippen LogP contribution in [0.25, 0.3) is 0 Å². The van der Waals surface area contributed by atoms with Crippen molar-refractivity contribution in [1.29, 1.82) is 0 Å². The minimum atomic E-state index is 0.235. The normalized spacial score (nSPS) is 16.9. The monoisotopic (exact) mass is 354 g/mol. The van der Waals surface area contributed by atoms with Gasteiger partial charge in [-0.05, 0) is 38.1 Å². The third kappa shape index (κ3) is 7.15. The highest BCUT2D eigenvalue weighted by Crippen LogP contribution is 2.03. The summed E-state index contributed by atoms with van der Waals surface area (Å²) in [6.45, 7) is 8.56. The van der Waals surface area contributed by atoms with E-state index in [9.17, 15) is 0 Å². The third-order valence-corrected chi connectivity index (χ3v) is 4.14. The molecule has 5 heteroatoms. The van der Waals surface area contributed by atoms with E-state index in [1.807, 2.05) is 18.4 Å². The molecule has 2 N–H and O–H groups in total.